The second-order valence-electron chi connectivity index (χ2n) is 14.9. The molecule has 2 saturated heterocycles. The van der Waals surface area contributed by atoms with Crippen LogP contribution < -0.4 is 23.7 Å². The van der Waals surface area contributed by atoms with E-state index in [4.69, 9.17) is 38.0 Å². The average molecular weight is 839 g/mol. The number of ether oxygens (including phenoxy) is 6. The monoisotopic (exact) mass is 838 g/mol. The summed E-state index contributed by atoms with van der Waals surface area (Å²) in [6.45, 7) is 7.08. The molecular formula is C43H58N4O11S. The molecule has 1 N–H and O–H groups in total. The zero-order valence-corrected chi connectivity index (χ0v) is 36.0. The van der Waals surface area contributed by atoms with E-state index in [2.05, 4.69) is 4.90 Å². The summed E-state index contributed by atoms with van der Waals surface area (Å²) in [5, 5.41) is 0. The fourth-order valence-corrected chi connectivity index (χ4v) is 8.12. The molecule has 2 fully saturated rings. The number of hydrogen-bond donors (Lipinski definition) is 1. The molecule has 1 unspecified atom stereocenters. The lowest BCUT2D eigenvalue weighted by Crippen LogP contribution is -2.42. The zero-order valence-electron chi connectivity index (χ0n) is 35.2. The van der Waals surface area contributed by atoms with Gasteiger partial charge in [-0.1, -0.05) is 18.2 Å². The Morgan fingerprint density at radius 3 is 2.08 bits per heavy atom. The van der Waals surface area contributed by atoms with E-state index in [1.165, 1.54) is 0 Å². The molecule has 0 spiro atoms. The van der Waals surface area contributed by atoms with E-state index in [1.54, 1.807) is 35.5 Å². The van der Waals surface area contributed by atoms with E-state index in [0.717, 1.165) is 61.1 Å². The van der Waals surface area contributed by atoms with Gasteiger partial charge in [0.1, 0.15) is 0 Å². The topological polar surface area (TPSA) is 168 Å². The van der Waals surface area contributed by atoms with Crippen LogP contribution in [0.1, 0.15) is 54.4 Å². The molecule has 1 amide bonds. The molecule has 3 aromatic carbocycles. The number of nitrogens with zero attached hydrogens (tertiary/aromatic N) is 4. The summed E-state index contributed by atoms with van der Waals surface area (Å²) in [5.74, 6) is 3.56. The molecule has 59 heavy (non-hydrogen) atoms. The van der Waals surface area contributed by atoms with Gasteiger partial charge in [0.25, 0.3) is 10.1 Å². The Hall–Kier alpha value is -4.90. The Balaban J connectivity index is 0.00000125. The number of likely N-dealkylation sites (tertiary alicyclic amines) is 2. The largest absolute Gasteiger partial charge is 0.493 e. The molecule has 0 bridgehead atoms. The molecule has 4 aromatic rings. The molecule has 2 aliphatic rings. The number of para-hydroxylation sites is 2. The standard InChI is InChI=1S/C42H54N4O8.CH4O3S/c1-7-54-23-22-46-33-11-9-8-10-32(33)43-40(46)38(47)31-14-18-44(19-15-31)20-16-42(27-29-12-13-34(49-2)35(24-29)50-3)17-21-45(41(42)48)28-30-25-36(51-4)39(53-6)37(26-30)52-5;1-5(2,3)4/h8-13,24-26,31H,7,14-23,27-28H2,1-6H3;1H3,(H,2,3,4). The van der Waals surface area contributed by atoms with Crippen LogP contribution in [0.5, 0.6) is 28.7 Å². The van der Waals surface area contributed by atoms with Gasteiger partial charge in [-0.05, 0) is 106 Å². The van der Waals surface area contributed by atoms with E-state index in [9.17, 15) is 18.0 Å². The third-order valence-electron chi connectivity index (χ3n) is 11.1. The SMILES string of the molecule is CCOCCn1c(C(=O)C2CCN(CCC3(Cc4ccc(OC)c(OC)c4)CCN(Cc4cc(OC)c(OC)c(OC)c4)C3=O)CC2)nc2ccccc21.CS(=O)(=O)O. The van der Waals surface area contributed by atoms with E-state index < -0.39 is 15.5 Å². The number of aromatic nitrogens is 2. The van der Waals surface area contributed by atoms with Crippen molar-refractivity contribution in [3.8, 4) is 28.7 Å². The summed E-state index contributed by atoms with van der Waals surface area (Å²) in [7, 11) is 4.35. The fraction of sp³-hybridized carbons (Fsp3) is 0.512. The van der Waals surface area contributed by atoms with Gasteiger partial charge in [-0.3, -0.25) is 14.1 Å². The van der Waals surface area contributed by atoms with Crippen molar-refractivity contribution >= 4 is 32.8 Å². The molecule has 1 aromatic heterocycles. The zero-order chi connectivity index (χ0) is 42.7. The number of carbonyl (C=O) groups is 2. The van der Waals surface area contributed by atoms with Crippen LogP contribution in [0.15, 0.2) is 54.6 Å². The lowest BCUT2D eigenvalue weighted by molar-refractivity contribution is -0.137. The van der Waals surface area contributed by atoms with Gasteiger partial charge in [-0.25, -0.2) is 4.98 Å². The second kappa shape index (κ2) is 20.4. The molecule has 6 rings (SSSR count). The molecule has 16 heteroatoms. The quantitative estimate of drug-likeness (QED) is 0.0752. The number of Topliss-reactive ketones (excluding diaryl/α,β-unsaturated/α-hetero) is 1. The summed E-state index contributed by atoms with van der Waals surface area (Å²) in [6, 6.07) is 17.6. The van der Waals surface area contributed by atoms with Crippen LogP contribution in [-0.2, 0) is 39.2 Å². The number of fused-ring (bicyclic) bond motifs is 1. The molecular weight excluding hydrogens is 781 g/mol. The normalized spacial score (nSPS) is 17.4. The van der Waals surface area contributed by atoms with Gasteiger partial charge < -0.3 is 42.8 Å². The number of benzene rings is 3. The van der Waals surface area contributed by atoms with Crippen molar-refractivity contribution in [3.63, 3.8) is 0 Å². The third kappa shape index (κ3) is 11.2. The van der Waals surface area contributed by atoms with Crippen LogP contribution in [0.2, 0.25) is 0 Å². The van der Waals surface area contributed by atoms with Crippen molar-refractivity contribution in [2.45, 2.75) is 52.1 Å². The molecule has 0 radical (unpaired) electrons. The number of imidazole rings is 1. The summed E-state index contributed by atoms with van der Waals surface area (Å²) < 4.78 is 61.4. The first-order chi connectivity index (χ1) is 28.3. The number of ketones is 1. The Morgan fingerprint density at radius 2 is 1.47 bits per heavy atom. The molecule has 15 nitrogen and oxygen atoms in total. The predicted molar refractivity (Wildman–Crippen MR) is 224 cm³/mol. The van der Waals surface area contributed by atoms with Crippen molar-refractivity contribution < 1.29 is 51.0 Å². The van der Waals surface area contributed by atoms with Crippen LogP contribution in [0.25, 0.3) is 11.0 Å². The summed E-state index contributed by atoms with van der Waals surface area (Å²) in [5.41, 5.74) is 3.09. The first-order valence-corrected chi connectivity index (χ1v) is 21.6. The number of rotatable bonds is 18. The van der Waals surface area contributed by atoms with E-state index >= 15 is 0 Å². The highest BCUT2D eigenvalue weighted by Gasteiger charge is 2.47. The number of hydrogen-bond acceptors (Lipinski definition) is 12. The smallest absolute Gasteiger partial charge is 0.261 e. The molecule has 3 heterocycles. The van der Waals surface area contributed by atoms with Crippen molar-refractivity contribution in [2.24, 2.45) is 11.3 Å². The predicted octanol–water partition coefficient (Wildman–Crippen LogP) is 5.57. The Morgan fingerprint density at radius 1 is 0.847 bits per heavy atom. The van der Waals surface area contributed by atoms with Gasteiger partial charge in [0, 0.05) is 32.2 Å². The number of piperidine rings is 1. The maximum atomic E-state index is 14.6. The number of carbonyl (C=O) groups excluding carboxylic acids is 2. The molecule has 0 aliphatic carbocycles. The molecule has 0 saturated carbocycles. The summed E-state index contributed by atoms with van der Waals surface area (Å²) in [6.07, 6.45) is 4.20. The van der Waals surface area contributed by atoms with Crippen molar-refractivity contribution in [3.05, 3.63) is 71.5 Å². The van der Waals surface area contributed by atoms with Crippen LogP contribution in [0, 0.1) is 11.3 Å². The number of methoxy groups -OCH3 is 5. The highest BCUT2D eigenvalue weighted by atomic mass is 32.2. The Bertz CT molecular complexity index is 2130. The fourth-order valence-electron chi connectivity index (χ4n) is 8.12. The van der Waals surface area contributed by atoms with Crippen LogP contribution in [-0.4, -0.2) is 125 Å². The Kier molecular flexibility index (Phi) is 15.6. The van der Waals surface area contributed by atoms with Gasteiger partial charge in [-0.2, -0.15) is 8.42 Å². The highest BCUT2D eigenvalue weighted by molar-refractivity contribution is 7.85. The van der Waals surface area contributed by atoms with E-state index in [-0.39, 0.29) is 17.6 Å². The van der Waals surface area contributed by atoms with Crippen molar-refractivity contribution in [2.75, 3.05) is 81.2 Å². The summed E-state index contributed by atoms with van der Waals surface area (Å²) >= 11 is 0. The minimum Gasteiger partial charge on any atom is -0.493 e. The minimum atomic E-state index is -3.67. The maximum absolute atomic E-state index is 14.6. The van der Waals surface area contributed by atoms with Crippen LogP contribution >= 0.6 is 0 Å². The lowest BCUT2D eigenvalue weighted by atomic mass is 9.76. The third-order valence-corrected chi connectivity index (χ3v) is 11.1. The van der Waals surface area contributed by atoms with Gasteiger partial charge >= 0.3 is 0 Å². The van der Waals surface area contributed by atoms with Crippen LogP contribution in [0.4, 0.5) is 0 Å². The summed E-state index contributed by atoms with van der Waals surface area (Å²) in [4.78, 5) is 37.7. The lowest BCUT2D eigenvalue weighted by Gasteiger charge is -2.35. The number of amides is 1. The van der Waals surface area contributed by atoms with Gasteiger partial charge in [0.15, 0.2) is 28.8 Å². The molecule has 2 aliphatic heterocycles. The van der Waals surface area contributed by atoms with Gasteiger partial charge in [0.2, 0.25) is 17.4 Å². The van der Waals surface area contributed by atoms with Crippen LogP contribution in [0.3, 0.4) is 0 Å². The first-order valence-electron chi connectivity index (χ1n) is 19.8. The minimum absolute atomic E-state index is 0.0978. The van der Waals surface area contributed by atoms with E-state index in [0.29, 0.717) is 86.5 Å². The first kappa shape index (κ1) is 45.2. The molecule has 1 atom stereocenters. The van der Waals surface area contributed by atoms with Gasteiger partial charge in [0.05, 0.1) is 64.9 Å². The molecule has 322 valence electrons. The Labute approximate surface area is 347 Å². The van der Waals surface area contributed by atoms with Crippen molar-refractivity contribution in [1.82, 2.24) is 19.4 Å². The highest BCUT2D eigenvalue weighted by Crippen LogP contribution is 2.43. The van der Waals surface area contributed by atoms with E-state index in [1.807, 2.05) is 71.0 Å². The van der Waals surface area contributed by atoms with Gasteiger partial charge in [-0.15, -0.1) is 0 Å². The van der Waals surface area contributed by atoms with Crippen molar-refractivity contribution in [1.29, 1.82) is 0 Å². The second-order valence-corrected chi connectivity index (χ2v) is 16.4. The average Bonchev–Trinajstić information content (AvgIpc) is 3.75. The maximum Gasteiger partial charge on any atom is 0.261 e.